The molecule has 1 N–H and O–H groups in total. The summed E-state index contributed by atoms with van der Waals surface area (Å²) in [5.41, 5.74) is 2.73. The van der Waals surface area contributed by atoms with E-state index in [0.717, 1.165) is 22.2 Å². The van der Waals surface area contributed by atoms with Crippen LogP contribution in [0.4, 0.5) is 0 Å². The molecule has 0 aliphatic carbocycles. The SMILES string of the molecule is COc1cc(C(=O)c2c[nH]c3c(-c4ccco4)cccc23)cc(OC)c1OC. The minimum atomic E-state index is -0.151. The predicted octanol–water partition coefficient (Wildman–Crippen LogP) is 4.68. The van der Waals surface area contributed by atoms with Crippen LogP contribution in [0.3, 0.4) is 0 Å². The molecule has 0 saturated heterocycles. The number of carbonyl (C=O) groups excluding carboxylic acids is 1. The zero-order valence-corrected chi connectivity index (χ0v) is 15.7. The molecule has 2 heterocycles. The topological polar surface area (TPSA) is 73.7 Å². The van der Waals surface area contributed by atoms with Crippen molar-refractivity contribution in [3.8, 4) is 28.6 Å². The zero-order chi connectivity index (χ0) is 19.7. The lowest BCUT2D eigenvalue weighted by Crippen LogP contribution is -2.03. The Kier molecular flexibility index (Phi) is 4.53. The minimum Gasteiger partial charge on any atom is -0.493 e. The number of fused-ring (bicyclic) bond motifs is 1. The second-order valence-electron chi connectivity index (χ2n) is 6.15. The highest BCUT2D eigenvalue weighted by atomic mass is 16.5. The van der Waals surface area contributed by atoms with Gasteiger partial charge in [0.25, 0.3) is 0 Å². The van der Waals surface area contributed by atoms with Crippen LogP contribution in [0.25, 0.3) is 22.2 Å². The summed E-state index contributed by atoms with van der Waals surface area (Å²) in [6.45, 7) is 0. The summed E-state index contributed by atoms with van der Waals surface area (Å²) in [6.07, 6.45) is 3.34. The molecule has 28 heavy (non-hydrogen) atoms. The zero-order valence-electron chi connectivity index (χ0n) is 15.7. The number of ketones is 1. The van der Waals surface area contributed by atoms with E-state index in [4.69, 9.17) is 18.6 Å². The van der Waals surface area contributed by atoms with Crippen LogP contribution in [0.2, 0.25) is 0 Å². The van der Waals surface area contributed by atoms with Gasteiger partial charge in [-0.1, -0.05) is 12.1 Å². The Morgan fingerprint density at radius 1 is 0.964 bits per heavy atom. The highest BCUT2D eigenvalue weighted by molar-refractivity contribution is 6.18. The lowest BCUT2D eigenvalue weighted by atomic mass is 10.00. The van der Waals surface area contributed by atoms with Crippen molar-refractivity contribution in [1.29, 1.82) is 0 Å². The number of benzene rings is 2. The molecule has 0 saturated carbocycles. The van der Waals surface area contributed by atoms with Crippen molar-refractivity contribution in [2.75, 3.05) is 21.3 Å². The maximum atomic E-state index is 13.3. The van der Waals surface area contributed by atoms with E-state index in [1.54, 1.807) is 24.6 Å². The van der Waals surface area contributed by atoms with E-state index in [-0.39, 0.29) is 5.78 Å². The van der Waals surface area contributed by atoms with Gasteiger partial charge in [-0.05, 0) is 30.3 Å². The van der Waals surface area contributed by atoms with Gasteiger partial charge < -0.3 is 23.6 Å². The molecule has 0 aliphatic rings. The van der Waals surface area contributed by atoms with Crippen molar-refractivity contribution in [2.45, 2.75) is 0 Å². The van der Waals surface area contributed by atoms with Gasteiger partial charge in [-0.2, -0.15) is 0 Å². The fourth-order valence-electron chi connectivity index (χ4n) is 3.35. The van der Waals surface area contributed by atoms with E-state index >= 15 is 0 Å². The molecule has 4 aromatic rings. The van der Waals surface area contributed by atoms with Crippen LogP contribution in [0, 0.1) is 0 Å². The molecular formula is C22H19NO5. The van der Waals surface area contributed by atoms with Gasteiger partial charge in [-0.15, -0.1) is 0 Å². The number of hydrogen-bond acceptors (Lipinski definition) is 5. The van der Waals surface area contributed by atoms with Crippen molar-refractivity contribution in [2.24, 2.45) is 0 Å². The summed E-state index contributed by atoms with van der Waals surface area (Å²) < 4.78 is 21.6. The molecule has 142 valence electrons. The monoisotopic (exact) mass is 377 g/mol. The quantitative estimate of drug-likeness (QED) is 0.494. The number of hydrogen-bond donors (Lipinski definition) is 1. The van der Waals surface area contributed by atoms with Crippen LogP contribution < -0.4 is 14.2 Å². The van der Waals surface area contributed by atoms with E-state index in [0.29, 0.717) is 28.4 Å². The van der Waals surface area contributed by atoms with Crippen LogP contribution in [-0.2, 0) is 0 Å². The first-order chi connectivity index (χ1) is 13.7. The van der Waals surface area contributed by atoms with Gasteiger partial charge in [-0.3, -0.25) is 4.79 Å². The standard InChI is InChI=1S/C22H19NO5/c1-25-18-10-13(11-19(26-2)22(18)27-3)21(24)16-12-23-20-14(16)6-4-7-15(20)17-8-5-9-28-17/h4-12,23H,1-3H3. The Hall–Kier alpha value is -3.67. The smallest absolute Gasteiger partial charge is 0.203 e. The van der Waals surface area contributed by atoms with Crippen LogP contribution in [-0.4, -0.2) is 32.1 Å². The number of aromatic amines is 1. The van der Waals surface area contributed by atoms with Crippen LogP contribution in [0.15, 0.2) is 59.3 Å². The molecule has 0 spiro atoms. The van der Waals surface area contributed by atoms with Gasteiger partial charge in [0.05, 0.1) is 33.1 Å². The van der Waals surface area contributed by atoms with Crippen LogP contribution in [0.1, 0.15) is 15.9 Å². The summed E-state index contributed by atoms with van der Waals surface area (Å²) in [6, 6.07) is 12.8. The first-order valence-electron chi connectivity index (χ1n) is 8.66. The third-order valence-corrected chi connectivity index (χ3v) is 4.67. The number of rotatable bonds is 6. The van der Waals surface area contributed by atoms with E-state index in [1.165, 1.54) is 21.3 Å². The first kappa shape index (κ1) is 17.7. The molecule has 0 atom stereocenters. The number of furan rings is 1. The Morgan fingerprint density at radius 2 is 1.71 bits per heavy atom. The molecule has 4 rings (SSSR count). The molecule has 6 heteroatoms. The predicted molar refractivity (Wildman–Crippen MR) is 106 cm³/mol. The Labute approximate surface area is 161 Å². The molecular weight excluding hydrogens is 358 g/mol. The van der Waals surface area contributed by atoms with Gasteiger partial charge in [-0.25, -0.2) is 0 Å². The van der Waals surface area contributed by atoms with E-state index in [2.05, 4.69) is 4.98 Å². The lowest BCUT2D eigenvalue weighted by Gasteiger charge is -2.13. The number of carbonyl (C=O) groups is 1. The Morgan fingerprint density at radius 3 is 2.32 bits per heavy atom. The molecule has 0 bridgehead atoms. The van der Waals surface area contributed by atoms with Gasteiger partial charge in [0.1, 0.15) is 5.76 Å². The summed E-state index contributed by atoms with van der Waals surface area (Å²) >= 11 is 0. The molecule has 0 amide bonds. The Bertz CT molecular complexity index is 1120. The van der Waals surface area contributed by atoms with Gasteiger partial charge in [0.15, 0.2) is 17.3 Å². The highest BCUT2D eigenvalue weighted by Gasteiger charge is 2.21. The average molecular weight is 377 g/mol. The fraction of sp³-hybridized carbons (Fsp3) is 0.136. The molecule has 2 aromatic heterocycles. The maximum Gasteiger partial charge on any atom is 0.203 e. The average Bonchev–Trinajstić information content (AvgIpc) is 3.41. The van der Waals surface area contributed by atoms with Gasteiger partial charge in [0.2, 0.25) is 5.75 Å². The summed E-state index contributed by atoms with van der Waals surface area (Å²) in [5.74, 6) is 1.89. The van der Waals surface area contributed by atoms with Crippen LogP contribution in [0.5, 0.6) is 17.2 Å². The molecule has 0 aliphatic heterocycles. The largest absolute Gasteiger partial charge is 0.493 e. The highest BCUT2D eigenvalue weighted by Crippen LogP contribution is 2.39. The van der Waals surface area contributed by atoms with Crippen molar-refractivity contribution in [3.63, 3.8) is 0 Å². The number of ether oxygens (including phenoxy) is 3. The molecule has 2 aromatic carbocycles. The molecule has 6 nitrogen and oxygen atoms in total. The van der Waals surface area contributed by atoms with E-state index in [9.17, 15) is 4.79 Å². The summed E-state index contributed by atoms with van der Waals surface area (Å²) in [4.78, 5) is 16.5. The second kappa shape index (κ2) is 7.15. The Balaban J connectivity index is 1.83. The molecule has 0 fully saturated rings. The minimum absolute atomic E-state index is 0.151. The van der Waals surface area contributed by atoms with Crippen molar-refractivity contribution < 1.29 is 23.4 Å². The second-order valence-corrected chi connectivity index (χ2v) is 6.15. The number of nitrogens with one attached hydrogen (secondary N) is 1. The lowest BCUT2D eigenvalue weighted by molar-refractivity contribution is 0.103. The van der Waals surface area contributed by atoms with Crippen molar-refractivity contribution in [1.82, 2.24) is 4.98 Å². The summed E-state index contributed by atoms with van der Waals surface area (Å²) in [7, 11) is 4.57. The van der Waals surface area contributed by atoms with Gasteiger partial charge in [0, 0.05) is 28.3 Å². The molecule has 0 radical (unpaired) electrons. The number of methoxy groups -OCH3 is 3. The van der Waals surface area contributed by atoms with E-state index < -0.39 is 0 Å². The third-order valence-electron chi connectivity index (χ3n) is 4.67. The number of para-hydroxylation sites is 1. The number of H-pyrrole nitrogens is 1. The summed E-state index contributed by atoms with van der Waals surface area (Å²) in [5, 5.41) is 0.813. The van der Waals surface area contributed by atoms with Crippen LogP contribution >= 0.6 is 0 Å². The van der Waals surface area contributed by atoms with E-state index in [1.807, 2.05) is 30.3 Å². The van der Waals surface area contributed by atoms with Gasteiger partial charge >= 0.3 is 0 Å². The van der Waals surface area contributed by atoms with Crippen molar-refractivity contribution in [3.05, 3.63) is 66.1 Å². The molecule has 0 unspecified atom stereocenters. The first-order valence-corrected chi connectivity index (χ1v) is 8.66. The normalized spacial score (nSPS) is 10.8. The third kappa shape index (κ3) is 2.79. The maximum absolute atomic E-state index is 13.3. The number of aromatic nitrogens is 1. The fourth-order valence-corrected chi connectivity index (χ4v) is 3.35. The van der Waals surface area contributed by atoms with Crippen molar-refractivity contribution >= 4 is 16.7 Å².